The molecular weight excluding hydrogens is 248 g/mol. The Labute approximate surface area is 103 Å². The van der Waals surface area contributed by atoms with E-state index in [4.69, 9.17) is 11.6 Å². The summed E-state index contributed by atoms with van der Waals surface area (Å²) in [5, 5.41) is 0. The molecule has 1 unspecified atom stereocenters. The van der Waals surface area contributed by atoms with E-state index >= 15 is 0 Å². The second kappa shape index (κ2) is 6.01. The first-order valence-electron chi connectivity index (χ1n) is 4.88. The van der Waals surface area contributed by atoms with Crippen LogP contribution >= 0.6 is 22.9 Å². The number of rotatable bonds is 5. The van der Waals surface area contributed by atoms with Gasteiger partial charge in [-0.25, -0.2) is 0 Å². The first-order chi connectivity index (χ1) is 7.52. The molecule has 1 rings (SSSR count). The third kappa shape index (κ3) is 3.94. The summed E-state index contributed by atoms with van der Waals surface area (Å²) in [7, 11) is 1.34. The summed E-state index contributed by atoms with van der Waals surface area (Å²) < 4.78 is 5.14. The summed E-state index contributed by atoms with van der Waals surface area (Å²) in [5.41, 5.74) is 0. The van der Waals surface area contributed by atoms with Gasteiger partial charge in [0.2, 0.25) is 0 Å². The summed E-state index contributed by atoms with van der Waals surface area (Å²) in [6.45, 7) is 1.85. The molecule has 0 saturated heterocycles. The number of halogens is 1. The zero-order chi connectivity index (χ0) is 12.1. The first-order valence-corrected chi connectivity index (χ1v) is 6.07. The van der Waals surface area contributed by atoms with Crippen LogP contribution in [0.2, 0.25) is 4.34 Å². The van der Waals surface area contributed by atoms with Gasteiger partial charge in [0.1, 0.15) is 0 Å². The molecule has 1 aromatic rings. The number of esters is 1. The van der Waals surface area contributed by atoms with E-state index in [1.165, 1.54) is 18.4 Å². The molecule has 0 aliphatic carbocycles. The van der Waals surface area contributed by atoms with Gasteiger partial charge in [0.25, 0.3) is 0 Å². The van der Waals surface area contributed by atoms with Crippen molar-refractivity contribution in [1.82, 2.24) is 0 Å². The van der Waals surface area contributed by atoms with Crippen LogP contribution in [0, 0.1) is 5.92 Å². The SMILES string of the molecule is COC(=O)CC(C)CC(=O)c1ccc(Cl)s1. The van der Waals surface area contributed by atoms with E-state index in [1.807, 2.05) is 6.92 Å². The van der Waals surface area contributed by atoms with E-state index in [1.54, 1.807) is 12.1 Å². The predicted molar refractivity (Wildman–Crippen MR) is 64.1 cm³/mol. The van der Waals surface area contributed by atoms with Gasteiger partial charge in [-0.2, -0.15) is 0 Å². The fourth-order valence-electron chi connectivity index (χ4n) is 1.32. The average molecular weight is 261 g/mol. The topological polar surface area (TPSA) is 43.4 Å². The van der Waals surface area contributed by atoms with Gasteiger partial charge in [-0.15, -0.1) is 11.3 Å². The van der Waals surface area contributed by atoms with Crippen LogP contribution in [-0.4, -0.2) is 18.9 Å². The van der Waals surface area contributed by atoms with Crippen LogP contribution in [0.4, 0.5) is 0 Å². The van der Waals surface area contributed by atoms with Crippen LogP contribution < -0.4 is 0 Å². The molecule has 3 nitrogen and oxygen atoms in total. The van der Waals surface area contributed by atoms with E-state index in [0.29, 0.717) is 15.6 Å². The highest BCUT2D eigenvalue weighted by Gasteiger charge is 2.16. The Morgan fingerprint density at radius 2 is 2.12 bits per heavy atom. The lowest BCUT2D eigenvalue weighted by molar-refractivity contribution is -0.141. The highest BCUT2D eigenvalue weighted by molar-refractivity contribution is 7.18. The Balaban J connectivity index is 2.48. The second-order valence-corrected chi connectivity index (χ2v) is 5.33. The minimum atomic E-state index is -0.287. The molecule has 1 heterocycles. The van der Waals surface area contributed by atoms with Crippen LogP contribution in [0.5, 0.6) is 0 Å². The number of hydrogen-bond donors (Lipinski definition) is 0. The molecule has 1 aromatic heterocycles. The molecule has 0 saturated carbocycles. The van der Waals surface area contributed by atoms with Crippen LogP contribution in [0.1, 0.15) is 29.4 Å². The van der Waals surface area contributed by atoms with Crippen molar-refractivity contribution in [3.05, 3.63) is 21.3 Å². The number of ether oxygens (including phenoxy) is 1. The third-order valence-corrected chi connectivity index (χ3v) is 3.40. The second-order valence-electron chi connectivity index (χ2n) is 3.62. The van der Waals surface area contributed by atoms with E-state index in [9.17, 15) is 9.59 Å². The maximum atomic E-state index is 11.7. The third-order valence-electron chi connectivity index (χ3n) is 2.12. The summed E-state index contributed by atoms with van der Waals surface area (Å²) in [6.07, 6.45) is 0.604. The van der Waals surface area contributed by atoms with E-state index in [2.05, 4.69) is 4.74 Å². The predicted octanol–water partition coefficient (Wildman–Crippen LogP) is 3.17. The number of ketones is 1. The molecule has 0 amide bonds. The lowest BCUT2D eigenvalue weighted by Crippen LogP contribution is -2.11. The van der Waals surface area contributed by atoms with Crippen LogP contribution in [-0.2, 0) is 9.53 Å². The maximum absolute atomic E-state index is 11.7. The number of methoxy groups -OCH3 is 1. The number of Topliss-reactive ketones (excluding diaryl/α,β-unsaturated/α-hetero) is 1. The van der Waals surface area contributed by atoms with Crippen LogP contribution in [0.15, 0.2) is 12.1 Å². The van der Waals surface area contributed by atoms with Crippen molar-refractivity contribution in [2.24, 2.45) is 5.92 Å². The molecule has 0 fully saturated rings. The molecule has 0 N–H and O–H groups in total. The molecule has 16 heavy (non-hydrogen) atoms. The minimum Gasteiger partial charge on any atom is -0.469 e. The van der Waals surface area contributed by atoms with E-state index in [-0.39, 0.29) is 24.1 Å². The van der Waals surface area contributed by atoms with Crippen molar-refractivity contribution in [2.45, 2.75) is 19.8 Å². The molecule has 0 aromatic carbocycles. The number of thiophene rings is 1. The molecule has 88 valence electrons. The van der Waals surface area contributed by atoms with Gasteiger partial charge in [0, 0.05) is 12.8 Å². The van der Waals surface area contributed by atoms with Crippen LogP contribution in [0.3, 0.4) is 0 Å². The summed E-state index contributed by atoms with van der Waals surface area (Å²) in [5.74, 6) is -0.279. The molecular formula is C11H13ClO3S. The standard InChI is InChI=1S/C11H13ClO3S/c1-7(6-11(14)15-2)5-8(13)9-3-4-10(12)16-9/h3-4,7H,5-6H2,1-2H3. The molecule has 0 radical (unpaired) electrons. The molecule has 0 aliphatic rings. The van der Waals surface area contributed by atoms with Crippen molar-refractivity contribution < 1.29 is 14.3 Å². The lowest BCUT2D eigenvalue weighted by Gasteiger charge is -2.07. The molecule has 1 atom stereocenters. The smallest absolute Gasteiger partial charge is 0.305 e. The van der Waals surface area contributed by atoms with Gasteiger partial charge < -0.3 is 4.74 Å². The van der Waals surface area contributed by atoms with Crippen molar-refractivity contribution >= 4 is 34.7 Å². The fraction of sp³-hybridized carbons (Fsp3) is 0.455. The molecule has 0 aliphatic heterocycles. The van der Waals surface area contributed by atoms with Crippen LogP contribution in [0.25, 0.3) is 0 Å². The summed E-state index contributed by atoms with van der Waals surface area (Å²) >= 11 is 7.00. The zero-order valence-electron chi connectivity index (χ0n) is 9.16. The van der Waals surface area contributed by atoms with Crippen molar-refractivity contribution in [3.8, 4) is 0 Å². The van der Waals surface area contributed by atoms with E-state index in [0.717, 1.165) is 0 Å². The normalized spacial score (nSPS) is 12.2. The Kier molecular flexibility index (Phi) is 4.96. The summed E-state index contributed by atoms with van der Waals surface area (Å²) in [6, 6.07) is 3.41. The van der Waals surface area contributed by atoms with Gasteiger partial charge in [-0.3, -0.25) is 9.59 Å². The fourth-order valence-corrected chi connectivity index (χ4v) is 2.31. The maximum Gasteiger partial charge on any atom is 0.305 e. The summed E-state index contributed by atoms with van der Waals surface area (Å²) in [4.78, 5) is 23.4. The van der Waals surface area contributed by atoms with Gasteiger partial charge in [-0.1, -0.05) is 18.5 Å². The Morgan fingerprint density at radius 1 is 1.44 bits per heavy atom. The monoisotopic (exact) mass is 260 g/mol. The van der Waals surface area contributed by atoms with Crippen molar-refractivity contribution in [3.63, 3.8) is 0 Å². The van der Waals surface area contributed by atoms with Gasteiger partial charge in [-0.05, 0) is 18.1 Å². The zero-order valence-corrected chi connectivity index (χ0v) is 10.7. The number of carbonyl (C=O) groups excluding carboxylic acids is 2. The number of hydrogen-bond acceptors (Lipinski definition) is 4. The van der Waals surface area contributed by atoms with Crippen molar-refractivity contribution in [1.29, 1.82) is 0 Å². The number of carbonyl (C=O) groups is 2. The molecule has 0 spiro atoms. The Hall–Kier alpha value is -0.870. The quantitative estimate of drug-likeness (QED) is 0.603. The van der Waals surface area contributed by atoms with Gasteiger partial charge in [0.15, 0.2) is 5.78 Å². The first kappa shape index (κ1) is 13.2. The highest BCUT2D eigenvalue weighted by atomic mass is 35.5. The lowest BCUT2D eigenvalue weighted by atomic mass is 10.0. The van der Waals surface area contributed by atoms with Gasteiger partial charge in [0.05, 0.1) is 16.3 Å². The highest BCUT2D eigenvalue weighted by Crippen LogP contribution is 2.24. The largest absolute Gasteiger partial charge is 0.469 e. The minimum absolute atomic E-state index is 0.0131. The Bertz CT molecular complexity index is 386. The average Bonchev–Trinajstić information content (AvgIpc) is 2.64. The van der Waals surface area contributed by atoms with E-state index < -0.39 is 0 Å². The Morgan fingerprint density at radius 3 is 2.62 bits per heavy atom. The van der Waals surface area contributed by atoms with Crippen molar-refractivity contribution in [2.75, 3.05) is 7.11 Å². The molecule has 0 bridgehead atoms. The molecule has 5 heteroatoms. The van der Waals surface area contributed by atoms with Gasteiger partial charge >= 0.3 is 5.97 Å².